The Bertz CT molecular complexity index is 1080. The minimum Gasteiger partial charge on any atom is -0.478 e. The molecule has 4 heteroatoms. The minimum absolute atomic E-state index is 0.336. The summed E-state index contributed by atoms with van der Waals surface area (Å²) in [5, 5.41) is 12.6. The van der Waals surface area contributed by atoms with E-state index in [0.717, 1.165) is 26.4 Å². The second-order valence-electron chi connectivity index (χ2n) is 5.75. The molecule has 0 amide bonds. The average Bonchev–Trinajstić information content (AvgIpc) is 3.01. The van der Waals surface area contributed by atoms with Crippen LogP contribution in [0.4, 0.5) is 0 Å². The van der Waals surface area contributed by atoms with Gasteiger partial charge in [-0.1, -0.05) is 30.3 Å². The predicted octanol–water partition coefficient (Wildman–Crippen LogP) is 6.49. The highest BCUT2D eigenvalue weighted by Gasteiger charge is 2.14. The van der Waals surface area contributed by atoms with Crippen molar-refractivity contribution in [3.8, 4) is 10.4 Å². The first-order valence-electron chi connectivity index (χ1n) is 7.50. The maximum absolute atomic E-state index is 11.5. The molecule has 4 aromatic rings. The molecule has 0 atom stereocenters. The second-order valence-corrected chi connectivity index (χ2v) is 7.63. The van der Waals surface area contributed by atoms with E-state index in [1.807, 2.05) is 19.1 Å². The molecular weight excluding hydrogens is 384 g/mol. The van der Waals surface area contributed by atoms with Gasteiger partial charge in [0.05, 0.1) is 5.56 Å². The molecule has 1 aromatic heterocycles. The third kappa shape index (κ3) is 2.43. The van der Waals surface area contributed by atoms with E-state index < -0.39 is 5.97 Å². The first-order chi connectivity index (χ1) is 11.5. The molecule has 1 N–H and O–H groups in total. The molecule has 0 saturated carbocycles. The van der Waals surface area contributed by atoms with Gasteiger partial charge in [0.2, 0.25) is 0 Å². The summed E-state index contributed by atoms with van der Waals surface area (Å²) in [4.78, 5) is 12.7. The molecule has 0 saturated heterocycles. The molecule has 0 aliphatic rings. The largest absolute Gasteiger partial charge is 0.478 e. The van der Waals surface area contributed by atoms with Crippen LogP contribution in [0.1, 0.15) is 15.9 Å². The molecule has 3 aromatic carbocycles. The zero-order valence-electron chi connectivity index (χ0n) is 12.8. The topological polar surface area (TPSA) is 37.3 Å². The van der Waals surface area contributed by atoms with Crippen molar-refractivity contribution >= 4 is 54.1 Å². The number of hydrogen-bond donors (Lipinski definition) is 1. The van der Waals surface area contributed by atoms with Gasteiger partial charge in [-0.2, -0.15) is 0 Å². The van der Waals surface area contributed by atoms with Crippen LogP contribution in [0.5, 0.6) is 0 Å². The van der Waals surface area contributed by atoms with Gasteiger partial charge in [-0.25, -0.2) is 4.79 Å². The Morgan fingerprint density at radius 2 is 1.83 bits per heavy atom. The molecule has 0 spiro atoms. The summed E-state index contributed by atoms with van der Waals surface area (Å²) in [6, 6.07) is 18.5. The van der Waals surface area contributed by atoms with E-state index in [4.69, 9.17) is 0 Å². The van der Waals surface area contributed by atoms with E-state index >= 15 is 0 Å². The summed E-state index contributed by atoms with van der Waals surface area (Å²) in [6.45, 7) is 1.83. The number of benzene rings is 3. The van der Waals surface area contributed by atoms with Crippen LogP contribution in [-0.4, -0.2) is 11.1 Å². The Hall–Kier alpha value is -2.17. The van der Waals surface area contributed by atoms with Crippen molar-refractivity contribution in [3.05, 3.63) is 70.2 Å². The van der Waals surface area contributed by atoms with Gasteiger partial charge in [-0.15, -0.1) is 11.3 Å². The number of fused-ring (bicyclic) bond motifs is 2. The number of thiophene rings is 1. The third-order valence-electron chi connectivity index (χ3n) is 4.26. The summed E-state index contributed by atoms with van der Waals surface area (Å²) in [6.07, 6.45) is 0. The minimum atomic E-state index is -0.901. The van der Waals surface area contributed by atoms with E-state index in [1.54, 1.807) is 17.4 Å². The number of carboxylic acids is 1. The molecule has 2 nitrogen and oxygen atoms in total. The predicted molar refractivity (Wildman–Crippen MR) is 104 cm³/mol. The Morgan fingerprint density at radius 3 is 2.58 bits per heavy atom. The highest BCUT2D eigenvalue weighted by atomic mass is 79.9. The van der Waals surface area contributed by atoms with Gasteiger partial charge in [0.25, 0.3) is 0 Å². The Labute approximate surface area is 151 Å². The monoisotopic (exact) mass is 396 g/mol. The molecule has 24 heavy (non-hydrogen) atoms. The van der Waals surface area contributed by atoms with Crippen molar-refractivity contribution < 1.29 is 9.90 Å². The molecule has 0 aliphatic carbocycles. The number of carbonyl (C=O) groups is 1. The molecule has 0 bridgehead atoms. The van der Waals surface area contributed by atoms with Crippen molar-refractivity contribution in [2.24, 2.45) is 0 Å². The highest BCUT2D eigenvalue weighted by molar-refractivity contribution is 9.10. The lowest BCUT2D eigenvalue weighted by Gasteiger charge is -2.09. The summed E-state index contributed by atoms with van der Waals surface area (Å²) in [5.41, 5.74) is 2.20. The van der Waals surface area contributed by atoms with Crippen LogP contribution in [0.3, 0.4) is 0 Å². The van der Waals surface area contributed by atoms with E-state index in [9.17, 15) is 9.90 Å². The first kappa shape index (κ1) is 15.4. The van der Waals surface area contributed by atoms with E-state index in [2.05, 4.69) is 52.3 Å². The highest BCUT2D eigenvalue weighted by Crippen LogP contribution is 2.37. The van der Waals surface area contributed by atoms with E-state index in [1.165, 1.54) is 15.0 Å². The molecule has 0 radical (unpaired) electrons. The van der Waals surface area contributed by atoms with Gasteiger partial charge >= 0.3 is 5.97 Å². The van der Waals surface area contributed by atoms with Crippen LogP contribution in [0.25, 0.3) is 31.3 Å². The van der Waals surface area contributed by atoms with Crippen LogP contribution in [0.2, 0.25) is 0 Å². The summed E-state index contributed by atoms with van der Waals surface area (Å²) < 4.78 is 2.10. The molecule has 1 heterocycles. The summed E-state index contributed by atoms with van der Waals surface area (Å²) >= 11 is 5.30. The standard InChI is InChI=1S/C20H13BrO2S/c1-11-16(20(22)23)9-14-8-13(6-7-15(14)19(11)21)18-10-12-4-2-3-5-17(12)24-18/h2-10H,1H3,(H,22,23). The zero-order chi connectivity index (χ0) is 16.8. The van der Waals surface area contributed by atoms with Crippen molar-refractivity contribution in [3.63, 3.8) is 0 Å². The van der Waals surface area contributed by atoms with Crippen LogP contribution in [-0.2, 0) is 0 Å². The SMILES string of the molecule is Cc1c(C(=O)O)cc2cc(-c3cc4ccccc4s3)ccc2c1Br. The van der Waals surface area contributed by atoms with Crippen LogP contribution < -0.4 is 0 Å². The lowest BCUT2D eigenvalue weighted by molar-refractivity contribution is 0.0696. The lowest BCUT2D eigenvalue weighted by atomic mass is 9.99. The number of rotatable bonds is 2. The number of carboxylic acid groups (broad SMARTS) is 1. The fourth-order valence-corrected chi connectivity index (χ4v) is 4.60. The molecule has 0 fully saturated rings. The Kier molecular flexibility index (Phi) is 3.66. The number of halogens is 1. The van der Waals surface area contributed by atoms with Crippen LogP contribution in [0.15, 0.2) is 59.1 Å². The first-order valence-corrected chi connectivity index (χ1v) is 9.10. The van der Waals surface area contributed by atoms with Gasteiger partial charge in [0, 0.05) is 14.0 Å². The quantitative estimate of drug-likeness (QED) is 0.420. The maximum Gasteiger partial charge on any atom is 0.336 e. The molecule has 118 valence electrons. The average molecular weight is 397 g/mol. The third-order valence-corrected chi connectivity index (χ3v) is 6.45. The van der Waals surface area contributed by atoms with Crippen molar-refractivity contribution in [2.75, 3.05) is 0 Å². The number of aromatic carboxylic acids is 1. The summed E-state index contributed by atoms with van der Waals surface area (Å²) in [5.74, 6) is -0.901. The Balaban J connectivity index is 1.94. The van der Waals surface area contributed by atoms with E-state index in [0.29, 0.717) is 5.56 Å². The zero-order valence-corrected chi connectivity index (χ0v) is 15.2. The lowest BCUT2D eigenvalue weighted by Crippen LogP contribution is -2.00. The number of hydrogen-bond acceptors (Lipinski definition) is 2. The van der Waals surface area contributed by atoms with Crippen LogP contribution >= 0.6 is 27.3 Å². The van der Waals surface area contributed by atoms with Crippen molar-refractivity contribution in [1.82, 2.24) is 0 Å². The van der Waals surface area contributed by atoms with Crippen molar-refractivity contribution in [2.45, 2.75) is 6.92 Å². The molecular formula is C20H13BrO2S. The van der Waals surface area contributed by atoms with Crippen molar-refractivity contribution in [1.29, 1.82) is 0 Å². The van der Waals surface area contributed by atoms with Gasteiger partial charge in [-0.3, -0.25) is 0 Å². The summed E-state index contributed by atoms with van der Waals surface area (Å²) in [7, 11) is 0. The molecule has 4 rings (SSSR count). The van der Waals surface area contributed by atoms with Gasteiger partial charge in [0.15, 0.2) is 0 Å². The van der Waals surface area contributed by atoms with Gasteiger partial charge in [0.1, 0.15) is 0 Å². The fraction of sp³-hybridized carbons (Fsp3) is 0.0500. The van der Waals surface area contributed by atoms with Gasteiger partial charge < -0.3 is 5.11 Å². The smallest absolute Gasteiger partial charge is 0.336 e. The van der Waals surface area contributed by atoms with E-state index in [-0.39, 0.29) is 0 Å². The molecule has 0 unspecified atom stereocenters. The molecule has 0 aliphatic heterocycles. The normalized spacial score (nSPS) is 11.2. The Morgan fingerprint density at radius 1 is 1.04 bits per heavy atom. The second kappa shape index (κ2) is 5.72. The fourth-order valence-electron chi connectivity index (χ4n) is 2.97. The maximum atomic E-state index is 11.5. The van der Waals surface area contributed by atoms with Crippen LogP contribution in [0, 0.1) is 6.92 Å². The van der Waals surface area contributed by atoms with Gasteiger partial charge in [-0.05, 0) is 74.4 Å².